The van der Waals surface area contributed by atoms with Gasteiger partial charge in [0.2, 0.25) is 5.91 Å². The van der Waals surface area contributed by atoms with Gasteiger partial charge in [0, 0.05) is 23.5 Å². The van der Waals surface area contributed by atoms with Crippen LogP contribution in [0.2, 0.25) is 0 Å². The van der Waals surface area contributed by atoms with Crippen molar-refractivity contribution < 1.29 is 9.59 Å². The third kappa shape index (κ3) is 5.42. The predicted octanol–water partition coefficient (Wildman–Crippen LogP) is 3.29. The van der Waals surface area contributed by atoms with E-state index in [0.29, 0.717) is 11.3 Å². The van der Waals surface area contributed by atoms with E-state index in [4.69, 9.17) is 0 Å². The molecule has 0 saturated heterocycles. The van der Waals surface area contributed by atoms with Crippen molar-refractivity contribution in [3.8, 4) is 0 Å². The molecule has 6 nitrogen and oxygen atoms in total. The van der Waals surface area contributed by atoms with Gasteiger partial charge in [0.15, 0.2) is 0 Å². The van der Waals surface area contributed by atoms with Gasteiger partial charge >= 0.3 is 0 Å². The number of amides is 2. The van der Waals surface area contributed by atoms with Crippen molar-refractivity contribution in [1.82, 2.24) is 9.88 Å². The van der Waals surface area contributed by atoms with E-state index in [1.807, 2.05) is 44.2 Å². The number of hydrogen-bond donors (Lipinski definition) is 2. The number of hydrogen-bond acceptors (Lipinski definition) is 3. The summed E-state index contributed by atoms with van der Waals surface area (Å²) in [6, 6.07) is 19.5. The van der Waals surface area contributed by atoms with Crippen LogP contribution < -0.4 is 16.2 Å². The fourth-order valence-corrected chi connectivity index (χ4v) is 2.90. The second-order valence-corrected chi connectivity index (χ2v) is 6.90. The topological polar surface area (TPSA) is 80.2 Å². The third-order valence-electron chi connectivity index (χ3n) is 4.54. The van der Waals surface area contributed by atoms with Crippen LogP contribution in [0, 0.1) is 6.92 Å². The fraction of sp³-hybridized carbons (Fsp3) is 0.174. The van der Waals surface area contributed by atoms with Crippen molar-refractivity contribution in [1.29, 1.82) is 0 Å². The van der Waals surface area contributed by atoms with E-state index in [1.165, 1.54) is 10.6 Å². The zero-order valence-electron chi connectivity index (χ0n) is 16.4. The zero-order valence-corrected chi connectivity index (χ0v) is 16.4. The van der Waals surface area contributed by atoms with Gasteiger partial charge in [-0.2, -0.15) is 0 Å². The van der Waals surface area contributed by atoms with Gasteiger partial charge in [0.1, 0.15) is 6.54 Å². The van der Waals surface area contributed by atoms with Crippen molar-refractivity contribution in [2.75, 3.05) is 5.32 Å². The molecule has 1 unspecified atom stereocenters. The minimum Gasteiger partial charge on any atom is -0.346 e. The summed E-state index contributed by atoms with van der Waals surface area (Å²) in [6.45, 7) is 3.68. The number of nitrogens with zero attached hydrogens (tertiary/aromatic N) is 1. The predicted molar refractivity (Wildman–Crippen MR) is 113 cm³/mol. The Morgan fingerprint density at radius 2 is 1.69 bits per heavy atom. The minimum atomic E-state index is -0.314. The monoisotopic (exact) mass is 389 g/mol. The van der Waals surface area contributed by atoms with Crippen LogP contribution in [0.5, 0.6) is 0 Å². The third-order valence-corrected chi connectivity index (χ3v) is 4.54. The lowest BCUT2D eigenvalue weighted by atomic mass is 10.1. The van der Waals surface area contributed by atoms with Gasteiger partial charge in [0.05, 0.1) is 6.04 Å². The van der Waals surface area contributed by atoms with Gasteiger partial charge in [-0.15, -0.1) is 0 Å². The van der Waals surface area contributed by atoms with Crippen LogP contribution in [0.25, 0.3) is 0 Å². The molecular formula is C23H23N3O3. The molecule has 2 aromatic carbocycles. The number of anilines is 1. The summed E-state index contributed by atoms with van der Waals surface area (Å²) in [5, 5.41) is 5.69. The number of carbonyl (C=O) groups is 2. The Bertz CT molecular complexity index is 1060. The first-order chi connectivity index (χ1) is 13.9. The van der Waals surface area contributed by atoms with Crippen molar-refractivity contribution in [2.24, 2.45) is 0 Å². The average Bonchev–Trinajstić information content (AvgIpc) is 2.71. The molecule has 0 aliphatic carbocycles. The van der Waals surface area contributed by atoms with Crippen molar-refractivity contribution in [3.05, 3.63) is 100.0 Å². The normalized spacial score (nSPS) is 11.5. The summed E-state index contributed by atoms with van der Waals surface area (Å²) < 4.78 is 1.34. The summed E-state index contributed by atoms with van der Waals surface area (Å²) in [7, 11) is 0. The van der Waals surface area contributed by atoms with Crippen molar-refractivity contribution >= 4 is 17.5 Å². The highest BCUT2D eigenvalue weighted by Crippen LogP contribution is 2.14. The van der Waals surface area contributed by atoms with Gasteiger partial charge in [-0.05, 0) is 55.3 Å². The largest absolute Gasteiger partial charge is 0.346 e. The van der Waals surface area contributed by atoms with Gasteiger partial charge in [0.25, 0.3) is 11.5 Å². The van der Waals surface area contributed by atoms with Gasteiger partial charge in [-0.1, -0.05) is 30.3 Å². The maximum atomic E-state index is 12.4. The van der Waals surface area contributed by atoms with Crippen LogP contribution in [0.15, 0.2) is 77.7 Å². The van der Waals surface area contributed by atoms with Crippen LogP contribution in [-0.4, -0.2) is 16.4 Å². The number of rotatable bonds is 6. The molecule has 0 fully saturated rings. The van der Waals surface area contributed by atoms with Gasteiger partial charge in [-0.25, -0.2) is 0 Å². The Labute approximate surface area is 169 Å². The molecule has 0 aliphatic rings. The van der Waals surface area contributed by atoms with E-state index < -0.39 is 0 Å². The van der Waals surface area contributed by atoms with E-state index >= 15 is 0 Å². The molecule has 0 radical (unpaired) electrons. The minimum absolute atomic E-state index is 0.0735. The number of pyridine rings is 1. The molecular weight excluding hydrogens is 366 g/mol. The summed E-state index contributed by atoms with van der Waals surface area (Å²) in [5.41, 5.74) is 2.71. The lowest BCUT2D eigenvalue weighted by Crippen LogP contribution is -2.27. The standard InChI is InChI=1S/C23H23N3O3/c1-16-12-13-26(22(28)14-16)15-21(27)25-20-10-8-19(9-11-20)23(29)24-17(2)18-6-4-3-5-7-18/h3-14,17H,15H2,1-2H3,(H,24,29)(H,25,27). The van der Waals surface area contributed by atoms with Gasteiger partial charge < -0.3 is 15.2 Å². The first-order valence-electron chi connectivity index (χ1n) is 9.35. The molecule has 0 aliphatic heterocycles. The second kappa shape index (κ2) is 9.01. The summed E-state index contributed by atoms with van der Waals surface area (Å²) in [4.78, 5) is 36.5. The first kappa shape index (κ1) is 20.1. The lowest BCUT2D eigenvalue weighted by molar-refractivity contribution is -0.116. The van der Waals surface area contributed by atoms with E-state index in [0.717, 1.165) is 11.1 Å². The fourth-order valence-electron chi connectivity index (χ4n) is 2.90. The van der Waals surface area contributed by atoms with Crippen LogP contribution >= 0.6 is 0 Å². The smallest absolute Gasteiger partial charge is 0.251 e. The highest BCUT2D eigenvalue weighted by atomic mass is 16.2. The molecule has 0 saturated carbocycles. The Hall–Kier alpha value is -3.67. The molecule has 2 amide bonds. The molecule has 29 heavy (non-hydrogen) atoms. The second-order valence-electron chi connectivity index (χ2n) is 6.90. The number of aryl methyl sites for hydroxylation is 1. The summed E-state index contributed by atoms with van der Waals surface area (Å²) in [5.74, 6) is -0.503. The number of carbonyl (C=O) groups excluding carboxylic acids is 2. The Morgan fingerprint density at radius 3 is 2.34 bits per heavy atom. The molecule has 0 bridgehead atoms. The summed E-state index contributed by atoms with van der Waals surface area (Å²) in [6.07, 6.45) is 1.60. The van der Waals surface area contributed by atoms with Crippen LogP contribution in [0.1, 0.15) is 34.5 Å². The number of benzene rings is 2. The van der Waals surface area contributed by atoms with E-state index in [9.17, 15) is 14.4 Å². The molecule has 1 atom stereocenters. The van der Waals surface area contributed by atoms with Gasteiger partial charge in [-0.3, -0.25) is 14.4 Å². The molecule has 2 N–H and O–H groups in total. The number of aromatic nitrogens is 1. The van der Waals surface area contributed by atoms with Crippen molar-refractivity contribution in [3.63, 3.8) is 0 Å². The number of nitrogens with one attached hydrogen (secondary N) is 2. The molecule has 3 rings (SSSR count). The quantitative estimate of drug-likeness (QED) is 0.679. The van der Waals surface area contributed by atoms with E-state index in [1.54, 1.807) is 36.5 Å². The van der Waals surface area contributed by atoms with Crippen LogP contribution in [0.3, 0.4) is 0 Å². The summed E-state index contributed by atoms with van der Waals surface area (Å²) >= 11 is 0. The maximum absolute atomic E-state index is 12.4. The molecule has 148 valence electrons. The van der Waals surface area contributed by atoms with Crippen LogP contribution in [-0.2, 0) is 11.3 Å². The Kier molecular flexibility index (Phi) is 6.24. The Morgan fingerprint density at radius 1 is 1.00 bits per heavy atom. The Balaban J connectivity index is 1.58. The van der Waals surface area contributed by atoms with Crippen LogP contribution in [0.4, 0.5) is 5.69 Å². The van der Waals surface area contributed by atoms with E-state index in [2.05, 4.69) is 10.6 Å². The first-order valence-corrected chi connectivity index (χ1v) is 9.35. The SMILES string of the molecule is Cc1ccn(CC(=O)Nc2ccc(C(=O)NC(C)c3ccccc3)cc2)c(=O)c1. The molecule has 1 aromatic heterocycles. The maximum Gasteiger partial charge on any atom is 0.251 e. The molecule has 0 spiro atoms. The molecule has 3 aromatic rings. The molecule has 6 heteroatoms. The lowest BCUT2D eigenvalue weighted by Gasteiger charge is -2.14. The zero-order chi connectivity index (χ0) is 20.8. The highest BCUT2D eigenvalue weighted by molar-refractivity contribution is 5.96. The molecule has 1 heterocycles. The average molecular weight is 389 g/mol. The highest BCUT2D eigenvalue weighted by Gasteiger charge is 2.12. The van der Waals surface area contributed by atoms with E-state index in [-0.39, 0.29) is 30.0 Å². The van der Waals surface area contributed by atoms with Crippen molar-refractivity contribution in [2.45, 2.75) is 26.4 Å².